The second kappa shape index (κ2) is 2.60. The molecule has 0 saturated carbocycles. The minimum atomic E-state index is -2.16. The van der Waals surface area contributed by atoms with E-state index in [4.69, 9.17) is 0 Å². The average molecular weight is 135 g/mol. The molecular weight excluding hydrogens is 124 g/mol. The van der Waals surface area contributed by atoms with Crippen LogP contribution in [-0.4, -0.2) is 31.0 Å². The van der Waals surface area contributed by atoms with Gasteiger partial charge in [-0.25, -0.2) is 8.78 Å². The van der Waals surface area contributed by atoms with E-state index in [1.165, 1.54) is 0 Å². The van der Waals surface area contributed by atoms with Gasteiger partial charge in [-0.2, -0.15) is 0 Å². The molecule has 0 amide bonds. The molecule has 0 spiro atoms. The van der Waals surface area contributed by atoms with Gasteiger partial charge in [0, 0.05) is 0 Å². The van der Waals surface area contributed by atoms with E-state index in [1.54, 1.807) is 11.9 Å². The SMILES string of the molecule is CN1CCC[C@@H]1C(F)F. The molecule has 0 aromatic heterocycles. The summed E-state index contributed by atoms with van der Waals surface area (Å²) in [5.41, 5.74) is 0. The highest BCUT2D eigenvalue weighted by Gasteiger charge is 2.28. The summed E-state index contributed by atoms with van der Waals surface area (Å²) < 4.78 is 23.9. The summed E-state index contributed by atoms with van der Waals surface area (Å²) in [6.45, 7) is 0.828. The molecule has 1 saturated heterocycles. The molecule has 1 rings (SSSR count). The Balaban J connectivity index is 2.40. The van der Waals surface area contributed by atoms with Crippen LogP contribution in [0.4, 0.5) is 8.78 Å². The van der Waals surface area contributed by atoms with Crippen LogP contribution in [0.15, 0.2) is 0 Å². The zero-order valence-electron chi connectivity index (χ0n) is 5.48. The molecule has 1 fully saturated rings. The van der Waals surface area contributed by atoms with Crippen LogP contribution in [0.3, 0.4) is 0 Å². The van der Waals surface area contributed by atoms with E-state index in [9.17, 15) is 8.78 Å². The first-order valence-electron chi connectivity index (χ1n) is 3.20. The van der Waals surface area contributed by atoms with Gasteiger partial charge < -0.3 is 0 Å². The molecule has 0 unspecified atom stereocenters. The van der Waals surface area contributed by atoms with Gasteiger partial charge in [0.2, 0.25) is 0 Å². The Kier molecular flexibility index (Phi) is 2.01. The molecule has 0 radical (unpaired) electrons. The van der Waals surface area contributed by atoms with Gasteiger partial charge in [0.25, 0.3) is 6.43 Å². The molecular formula is C6H11F2N. The third-order valence-electron chi connectivity index (χ3n) is 1.87. The minimum absolute atomic E-state index is 0.468. The molecule has 54 valence electrons. The van der Waals surface area contributed by atoms with Crippen LogP contribution in [0.1, 0.15) is 12.8 Å². The maximum atomic E-state index is 11.9. The zero-order valence-corrected chi connectivity index (χ0v) is 5.48. The van der Waals surface area contributed by atoms with Crippen LogP contribution < -0.4 is 0 Å². The fraction of sp³-hybridized carbons (Fsp3) is 1.00. The normalized spacial score (nSPS) is 30.0. The Labute approximate surface area is 53.6 Å². The topological polar surface area (TPSA) is 3.24 Å². The number of halogens is 2. The summed E-state index contributed by atoms with van der Waals surface area (Å²) >= 11 is 0. The van der Waals surface area contributed by atoms with Gasteiger partial charge in [0.05, 0.1) is 6.04 Å². The smallest absolute Gasteiger partial charge is 0.253 e. The second-order valence-electron chi connectivity index (χ2n) is 2.52. The van der Waals surface area contributed by atoms with Gasteiger partial charge in [-0.3, -0.25) is 4.90 Å². The largest absolute Gasteiger partial charge is 0.298 e. The van der Waals surface area contributed by atoms with Crippen LogP contribution in [0.2, 0.25) is 0 Å². The Morgan fingerprint density at radius 3 is 2.44 bits per heavy atom. The lowest BCUT2D eigenvalue weighted by atomic mass is 10.2. The third kappa shape index (κ3) is 1.39. The van der Waals surface area contributed by atoms with Crippen LogP contribution in [0.5, 0.6) is 0 Å². The molecule has 0 bridgehead atoms. The Morgan fingerprint density at radius 1 is 1.56 bits per heavy atom. The van der Waals surface area contributed by atoms with Crippen molar-refractivity contribution in [2.75, 3.05) is 13.6 Å². The van der Waals surface area contributed by atoms with Crippen molar-refractivity contribution in [3.05, 3.63) is 0 Å². The number of hydrogen-bond acceptors (Lipinski definition) is 1. The summed E-state index contributed by atoms with van der Waals surface area (Å²) in [7, 11) is 1.75. The van der Waals surface area contributed by atoms with Crippen LogP contribution in [0, 0.1) is 0 Å². The lowest BCUT2D eigenvalue weighted by Crippen LogP contribution is -2.31. The van der Waals surface area contributed by atoms with Crippen LogP contribution in [0.25, 0.3) is 0 Å². The van der Waals surface area contributed by atoms with Crippen LogP contribution >= 0.6 is 0 Å². The summed E-state index contributed by atoms with van der Waals surface area (Å²) in [5.74, 6) is 0. The molecule has 3 heteroatoms. The number of nitrogens with zero attached hydrogens (tertiary/aromatic N) is 1. The molecule has 0 N–H and O–H groups in total. The van der Waals surface area contributed by atoms with Crippen molar-refractivity contribution in [2.45, 2.75) is 25.3 Å². The minimum Gasteiger partial charge on any atom is -0.298 e. The molecule has 1 nitrogen and oxygen atoms in total. The summed E-state index contributed by atoms with van der Waals surface area (Å²) in [4.78, 5) is 1.73. The van der Waals surface area contributed by atoms with E-state index in [1.807, 2.05) is 0 Å². The molecule has 0 aromatic carbocycles. The average Bonchev–Trinajstić information content (AvgIpc) is 2.13. The quantitative estimate of drug-likeness (QED) is 0.524. The lowest BCUT2D eigenvalue weighted by molar-refractivity contribution is 0.0589. The molecule has 1 heterocycles. The maximum absolute atomic E-state index is 11.9. The predicted molar refractivity (Wildman–Crippen MR) is 31.7 cm³/mol. The fourth-order valence-electron chi connectivity index (χ4n) is 1.25. The van der Waals surface area contributed by atoms with E-state index in [2.05, 4.69) is 0 Å². The van der Waals surface area contributed by atoms with Crippen molar-refractivity contribution in [1.29, 1.82) is 0 Å². The fourth-order valence-corrected chi connectivity index (χ4v) is 1.25. The van der Waals surface area contributed by atoms with Gasteiger partial charge in [0.15, 0.2) is 0 Å². The van der Waals surface area contributed by atoms with E-state index in [0.29, 0.717) is 6.42 Å². The molecule has 0 aromatic rings. The van der Waals surface area contributed by atoms with Gasteiger partial charge >= 0.3 is 0 Å². The second-order valence-corrected chi connectivity index (χ2v) is 2.52. The standard InChI is InChI=1S/C6H11F2N/c1-9-4-2-3-5(9)6(7)8/h5-6H,2-4H2,1H3/t5-/m1/s1. The van der Waals surface area contributed by atoms with Crippen molar-refractivity contribution in [2.24, 2.45) is 0 Å². The summed E-state index contributed by atoms with van der Waals surface area (Å²) in [5, 5.41) is 0. The van der Waals surface area contributed by atoms with Crippen molar-refractivity contribution in [1.82, 2.24) is 4.90 Å². The monoisotopic (exact) mass is 135 g/mol. The first-order valence-corrected chi connectivity index (χ1v) is 3.20. The number of rotatable bonds is 1. The van der Waals surface area contributed by atoms with Crippen molar-refractivity contribution < 1.29 is 8.78 Å². The Hall–Kier alpha value is -0.180. The maximum Gasteiger partial charge on any atom is 0.253 e. The van der Waals surface area contributed by atoms with E-state index < -0.39 is 12.5 Å². The van der Waals surface area contributed by atoms with Crippen LogP contribution in [-0.2, 0) is 0 Å². The van der Waals surface area contributed by atoms with Crippen molar-refractivity contribution in [3.63, 3.8) is 0 Å². The molecule has 9 heavy (non-hydrogen) atoms. The highest BCUT2D eigenvalue weighted by Crippen LogP contribution is 2.20. The first-order chi connectivity index (χ1) is 4.22. The van der Waals surface area contributed by atoms with Gasteiger partial charge in [-0.1, -0.05) is 0 Å². The molecule has 0 aliphatic carbocycles. The third-order valence-corrected chi connectivity index (χ3v) is 1.87. The van der Waals surface area contributed by atoms with E-state index in [-0.39, 0.29) is 0 Å². The van der Waals surface area contributed by atoms with Crippen molar-refractivity contribution >= 4 is 0 Å². The molecule has 1 atom stereocenters. The Bertz CT molecular complexity index is 95.1. The van der Waals surface area contributed by atoms with Gasteiger partial charge in [-0.05, 0) is 26.4 Å². The first kappa shape index (κ1) is 6.93. The van der Waals surface area contributed by atoms with E-state index in [0.717, 1.165) is 13.0 Å². The van der Waals surface area contributed by atoms with Crippen molar-refractivity contribution in [3.8, 4) is 0 Å². The zero-order chi connectivity index (χ0) is 6.85. The van der Waals surface area contributed by atoms with Gasteiger partial charge in [0.1, 0.15) is 0 Å². The lowest BCUT2D eigenvalue weighted by Gasteiger charge is -2.17. The summed E-state index contributed by atoms with van der Waals surface area (Å²) in [6.07, 6.45) is -0.572. The molecule has 1 aliphatic rings. The molecule has 1 aliphatic heterocycles. The van der Waals surface area contributed by atoms with Gasteiger partial charge in [-0.15, -0.1) is 0 Å². The number of hydrogen-bond donors (Lipinski definition) is 0. The number of likely N-dealkylation sites (tertiary alicyclic amines) is 1. The summed E-state index contributed by atoms with van der Waals surface area (Å²) in [6, 6.07) is -0.468. The highest BCUT2D eigenvalue weighted by molar-refractivity contribution is 4.77. The highest BCUT2D eigenvalue weighted by atomic mass is 19.3. The van der Waals surface area contributed by atoms with E-state index >= 15 is 0 Å². The Morgan fingerprint density at radius 2 is 2.22 bits per heavy atom. The predicted octanol–water partition coefficient (Wildman–Crippen LogP) is 1.35. The number of alkyl halides is 2.